The standard InChI is InChI=1S/C18H29NO/c1-3-12-19-18(16-8-4-14(2)5-9-16)13-15-6-10-17(20)11-7-15/h6-7,10-11,14,16,18-20H,3-5,8-9,12-13H2,1-2H3. The Morgan fingerprint density at radius 2 is 1.80 bits per heavy atom. The van der Waals surface area contributed by atoms with Gasteiger partial charge in [-0.15, -0.1) is 0 Å². The van der Waals surface area contributed by atoms with Gasteiger partial charge in [-0.1, -0.05) is 38.8 Å². The van der Waals surface area contributed by atoms with Crippen molar-refractivity contribution in [2.75, 3.05) is 6.54 Å². The first-order valence-corrected chi connectivity index (χ1v) is 8.20. The highest BCUT2D eigenvalue weighted by molar-refractivity contribution is 5.26. The fourth-order valence-electron chi connectivity index (χ4n) is 3.31. The molecule has 0 amide bonds. The van der Waals surface area contributed by atoms with Crippen molar-refractivity contribution in [1.29, 1.82) is 0 Å². The van der Waals surface area contributed by atoms with E-state index in [0.29, 0.717) is 11.8 Å². The molecule has 1 aromatic carbocycles. The minimum atomic E-state index is 0.360. The van der Waals surface area contributed by atoms with Gasteiger partial charge in [-0.3, -0.25) is 0 Å². The minimum Gasteiger partial charge on any atom is -0.508 e. The second-order valence-electron chi connectivity index (χ2n) is 6.45. The summed E-state index contributed by atoms with van der Waals surface area (Å²) in [5.41, 5.74) is 1.33. The molecule has 2 heteroatoms. The lowest BCUT2D eigenvalue weighted by atomic mass is 9.77. The first kappa shape index (κ1) is 15.4. The van der Waals surface area contributed by atoms with E-state index in [2.05, 4.69) is 31.3 Å². The number of phenolic OH excluding ortho intramolecular Hbond substituents is 1. The lowest BCUT2D eigenvalue weighted by Gasteiger charge is -2.33. The van der Waals surface area contributed by atoms with Crippen molar-refractivity contribution < 1.29 is 5.11 Å². The molecule has 0 aliphatic heterocycles. The SMILES string of the molecule is CCCNC(Cc1ccc(O)cc1)C1CCC(C)CC1. The Morgan fingerprint density at radius 3 is 2.40 bits per heavy atom. The molecule has 0 radical (unpaired) electrons. The van der Waals surface area contributed by atoms with Crippen LogP contribution in [0.2, 0.25) is 0 Å². The van der Waals surface area contributed by atoms with Gasteiger partial charge in [0.25, 0.3) is 0 Å². The Hall–Kier alpha value is -1.02. The number of rotatable bonds is 6. The van der Waals surface area contributed by atoms with E-state index in [-0.39, 0.29) is 0 Å². The van der Waals surface area contributed by atoms with Crippen molar-refractivity contribution >= 4 is 0 Å². The van der Waals surface area contributed by atoms with Crippen LogP contribution in [0.5, 0.6) is 5.75 Å². The Labute approximate surface area is 123 Å². The summed E-state index contributed by atoms with van der Waals surface area (Å²) in [6.45, 7) is 5.72. The van der Waals surface area contributed by atoms with E-state index >= 15 is 0 Å². The summed E-state index contributed by atoms with van der Waals surface area (Å²) in [6, 6.07) is 8.31. The molecule has 0 aromatic heterocycles. The van der Waals surface area contributed by atoms with E-state index in [1.54, 1.807) is 12.1 Å². The van der Waals surface area contributed by atoms with Gasteiger partial charge in [0.15, 0.2) is 0 Å². The molecule has 2 rings (SSSR count). The zero-order valence-electron chi connectivity index (χ0n) is 12.9. The first-order valence-electron chi connectivity index (χ1n) is 8.20. The summed E-state index contributed by atoms with van der Waals surface area (Å²) in [7, 11) is 0. The number of hydrogen-bond acceptors (Lipinski definition) is 2. The van der Waals surface area contributed by atoms with Crippen LogP contribution >= 0.6 is 0 Å². The maximum absolute atomic E-state index is 9.39. The quantitative estimate of drug-likeness (QED) is 0.818. The lowest BCUT2D eigenvalue weighted by molar-refractivity contribution is 0.229. The normalized spacial score (nSPS) is 24.5. The Bertz CT molecular complexity index is 379. The predicted molar refractivity (Wildman–Crippen MR) is 85.0 cm³/mol. The van der Waals surface area contributed by atoms with Crippen molar-refractivity contribution in [3.8, 4) is 5.75 Å². The van der Waals surface area contributed by atoms with Crippen LogP contribution in [0.25, 0.3) is 0 Å². The molecule has 2 N–H and O–H groups in total. The number of phenols is 1. The van der Waals surface area contributed by atoms with E-state index in [4.69, 9.17) is 0 Å². The maximum Gasteiger partial charge on any atom is 0.115 e. The van der Waals surface area contributed by atoms with Crippen LogP contribution < -0.4 is 5.32 Å². The molecule has 2 nitrogen and oxygen atoms in total. The molecule has 112 valence electrons. The summed E-state index contributed by atoms with van der Waals surface area (Å²) in [4.78, 5) is 0. The molecule has 0 spiro atoms. The molecule has 1 aromatic rings. The molecule has 1 aliphatic rings. The van der Waals surface area contributed by atoms with Crippen LogP contribution in [-0.2, 0) is 6.42 Å². The third kappa shape index (κ3) is 4.52. The largest absolute Gasteiger partial charge is 0.508 e. The van der Waals surface area contributed by atoms with E-state index in [1.165, 1.54) is 37.7 Å². The minimum absolute atomic E-state index is 0.360. The van der Waals surface area contributed by atoms with E-state index in [0.717, 1.165) is 24.8 Å². The van der Waals surface area contributed by atoms with Crippen molar-refractivity contribution in [2.24, 2.45) is 11.8 Å². The van der Waals surface area contributed by atoms with E-state index < -0.39 is 0 Å². The smallest absolute Gasteiger partial charge is 0.115 e. The van der Waals surface area contributed by atoms with E-state index in [1.807, 2.05) is 0 Å². The molecule has 0 saturated heterocycles. The monoisotopic (exact) mass is 275 g/mol. The van der Waals surface area contributed by atoms with Gasteiger partial charge in [0.2, 0.25) is 0 Å². The van der Waals surface area contributed by atoms with Crippen molar-refractivity contribution in [1.82, 2.24) is 5.32 Å². The molecular formula is C18H29NO. The number of nitrogens with one attached hydrogen (secondary N) is 1. The van der Waals surface area contributed by atoms with Gasteiger partial charge in [0.1, 0.15) is 5.75 Å². The van der Waals surface area contributed by atoms with Gasteiger partial charge in [0, 0.05) is 6.04 Å². The van der Waals surface area contributed by atoms with Gasteiger partial charge < -0.3 is 10.4 Å². The van der Waals surface area contributed by atoms with Crippen LogP contribution in [0.3, 0.4) is 0 Å². The maximum atomic E-state index is 9.39. The van der Waals surface area contributed by atoms with Crippen LogP contribution in [0.4, 0.5) is 0 Å². The second-order valence-corrected chi connectivity index (χ2v) is 6.45. The van der Waals surface area contributed by atoms with Crippen LogP contribution in [-0.4, -0.2) is 17.7 Å². The van der Waals surface area contributed by atoms with Gasteiger partial charge in [-0.05, 0) is 61.8 Å². The molecule has 1 fully saturated rings. The van der Waals surface area contributed by atoms with Crippen molar-refractivity contribution in [2.45, 2.75) is 58.4 Å². The predicted octanol–water partition coefficient (Wildman–Crippen LogP) is 4.13. The van der Waals surface area contributed by atoms with Gasteiger partial charge in [-0.2, -0.15) is 0 Å². The summed E-state index contributed by atoms with van der Waals surface area (Å²) < 4.78 is 0. The zero-order valence-corrected chi connectivity index (χ0v) is 12.9. The number of hydrogen-bond donors (Lipinski definition) is 2. The molecule has 1 atom stereocenters. The third-order valence-electron chi connectivity index (χ3n) is 4.68. The molecule has 0 bridgehead atoms. The van der Waals surface area contributed by atoms with Crippen LogP contribution in [0.1, 0.15) is 51.5 Å². The van der Waals surface area contributed by atoms with E-state index in [9.17, 15) is 5.11 Å². The fraction of sp³-hybridized carbons (Fsp3) is 0.667. The Kier molecular flexibility index (Phi) is 5.90. The van der Waals surface area contributed by atoms with Gasteiger partial charge in [0.05, 0.1) is 0 Å². The molecular weight excluding hydrogens is 246 g/mol. The van der Waals surface area contributed by atoms with Crippen LogP contribution in [0, 0.1) is 11.8 Å². The average molecular weight is 275 g/mol. The van der Waals surface area contributed by atoms with Crippen molar-refractivity contribution in [3.05, 3.63) is 29.8 Å². The number of aromatic hydroxyl groups is 1. The van der Waals surface area contributed by atoms with Gasteiger partial charge >= 0.3 is 0 Å². The van der Waals surface area contributed by atoms with Crippen LogP contribution in [0.15, 0.2) is 24.3 Å². The Balaban J connectivity index is 1.97. The Morgan fingerprint density at radius 1 is 1.15 bits per heavy atom. The summed E-state index contributed by atoms with van der Waals surface area (Å²) in [5.74, 6) is 2.08. The fourth-order valence-corrected chi connectivity index (χ4v) is 3.31. The average Bonchev–Trinajstić information content (AvgIpc) is 2.46. The summed E-state index contributed by atoms with van der Waals surface area (Å²) in [6.07, 6.45) is 7.75. The molecule has 1 unspecified atom stereocenters. The second kappa shape index (κ2) is 7.68. The highest BCUT2D eigenvalue weighted by Crippen LogP contribution is 2.31. The molecule has 1 saturated carbocycles. The summed E-state index contributed by atoms with van der Waals surface area (Å²) >= 11 is 0. The highest BCUT2D eigenvalue weighted by Gasteiger charge is 2.25. The van der Waals surface area contributed by atoms with Crippen molar-refractivity contribution in [3.63, 3.8) is 0 Å². The van der Waals surface area contributed by atoms with Gasteiger partial charge in [-0.25, -0.2) is 0 Å². The third-order valence-corrected chi connectivity index (χ3v) is 4.68. The zero-order chi connectivity index (χ0) is 14.4. The number of benzene rings is 1. The highest BCUT2D eigenvalue weighted by atomic mass is 16.3. The molecule has 1 aliphatic carbocycles. The first-order chi connectivity index (χ1) is 9.69. The topological polar surface area (TPSA) is 32.3 Å². The molecule has 0 heterocycles. The summed E-state index contributed by atoms with van der Waals surface area (Å²) in [5, 5.41) is 13.1. The lowest BCUT2D eigenvalue weighted by Crippen LogP contribution is -2.40. The molecule has 20 heavy (non-hydrogen) atoms.